The second kappa shape index (κ2) is 5.54. The minimum atomic E-state index is -4.06. The van der Waals surface area contributed by atoms with Gasteiger partial charge in [-0.2, -0.15) is 9.57 Å². The van der Waals surface area contributed by atoms with E-state index in [-0.39, 0.29) is 23.5 Å². The fourth-order valence-electron chi connectivity index (χ4n) is 2.93. The molecular weight excluding hydrogens is 339 g/mol. The third kappa shape index (κ3) is 2.51. The number of piperidine rings is 1. The topological polar surface area (TPSA) is 119 Å². The van der Waals surface area contributed by atoms with Crippen molar-refractivity contribution < 1.29 is 22.4 Å². The molecule has 0 aromatic heterocycles. The van der Waals surface area contributed by atoms with Gasteiger partial charge in [0.25, 0.3) is 5.91 Å². The quantitative estimate of drug-likeness (QED) is 0.730. The molecule has 0 bridgehead atoms. The van der Waals surface area contributed by atoms with Crippen LogP contribution < -0.4 is 10.6 Å². The standard InChI is InChI=1S/C14H13FN4O4S/c15-11-6-10(3-2-9(11)7-16)24(22,23)19-5-1-4-14(8-19)12(20)17-13(21)18-14/h2-3,6H,1,4-5,8H2,(H2,17,18,20,21). The lowest BCUT2D eigenvalue weighted by molar-refractivity contribution is -0.125. The summed E-state index contributed by atoms with van der Waals surface area (Å²) in [4.78, 5) is 23.1. The molecule has 2 N–H and O–H groups in total. The van der Waals surface area contributed by atoms with E-state index >= 15 is 0 Å². The predicted octanol–water partition coefficient (Wildman–Crippen LogP) is 0.0601. The van der Waals surface area contributed by atoms with Crippen molar-refractivity contribution in [2.24, 2.45) is 0 Å². The third-order valence-electron chi connectivity index (χ3n) is 4.17. The molecule has 24 heavy (non-hydrogen) atoms. The maximum Gasteiger partial charge on any atom is 0.322 e. The number of nitrogens with one attached hydrogen (secondary N) is 2. The van der Waals surface area contributed by atoms with Gasteiger partial charge in [0.05, 0.1) is 10.5 Å². The Labute approximate surface area is 137 Å². The number of carbonyl (C=O) groups is 2. The molecule has 2 aliphatic rings. The highest BCUT2D eigenvalue weighted by Crippen LogP contribution is 2.29. The molecule has 3 amide bonds. The van der Waals surface area contributed by atoms with Crippen molar-refractivity contribution in [1.29, 1.82) is 5.26 Å². The minimum Gasteiger partial charge on any atom is -0.322 e. The lowest BCUT2D eigenvalue weighted by Crippen LogP contribution is -2.59. The van der Waals surface area contributed by atoms with Crippen LogP contribution in [0.1, 0.15) is 18.4 Å². The van der Waals surface area contributed by atoms with E-state index in [9.17, 15) is 22.4 Å². The van der Waals surface area contributed by atoms with Gasteiger partial charge in [-0.15, -0.1) is 0 Å². The van der Waals surface area contributed by atoms with E-state index in [1.807, 2.05) is 0 Å². The summed E-state index contributed by atoms with van der Waals surface area (Å²) in [6.07, 6.45) is 0.685. The molecule has 1 aromatic rings. The maximum absolute atomic E-state index is 13.7. The van der Waals surface area contributed by atoms with Crippen molar-refractivity contribution in [3.05, 3.63) is 29.6 Å². The Morgan fingerprint density at radius 3 is 2.67 bits per heavy atom. The third-order valence-corrected chi connectivity index (χ3v) is 6.01. The van der Waals surface area contributed by atoms with Gasteiger partial charge in [0, 0.05) is 13.1 Å². The molecule has 0 saturated carbocycles. The number of sulfonamides is 1. The summed E-state index contributed by atoms with van der Waals surface area (Å²) in [5.41, 5.74) is -1.56. The Morgan fingerprint density at radius 1 is 1.33 bits per heavy atom. The van der Waals surface area contributed by atoms with Crippen LogP contribution in [0.25, 0.3) is 0 Å². The van der Waals surface area contributed by atoms with Gasteiger partial charge in [-0.3, -0.25) is 10.1 Å². The normalized spacial score (nSPS) is 24.5. The van der Waals surface area contributed by atoms with Crippen LogP contribution in [-0.4, -0.2) is 43.3 Å². The number of hydrogen-bond donors (Lipinski definition) is 2. The van der Waals surface area contributed by atoms with Crippen molar-refractivity contribution in [1.82, 2.24) is 14.9 Å². The molecule has 1 spiro atoms. The van der Waals surface area contributed by atoms with Gasteiger partial charge in [0.2, 0.25) is 10.0 Å². The number of urea groups is 1. The van der Waals surface area contributed by atoms with Crippen LogP contribution in [0.4, 0.5) is 9.18 Å². The average Bonchev–Trinajstić information content (AvgIpc) is 2.80. The van der Waals surface area contributed by atoms with Crippen LogP contribution in [0.5, 0.6) is 0 Å². The van der Waals surface area contributed by atoms with Gasteiger partial charge in [0.15, 0.2) is 0 Å². The molecule has 1 atom stereocenters. The molecule has 1 unspecified atom stereocenters. The monoisotopic (exact) mass is 352 g/mol. The van der Waals surface area contributed by atoms with Crippen LogP contribution in [0.15, 0.2) is 23.1 Å². The Morgan fingerprint density at radius 2 is 2.08 bits per heavy atom. The molecule has 8 nitrogen and oxygen atoms in total. The Bertz CT molecular complexity index is 879. The van der Waals surface area contributed by atoms with Crippen molar-refractivity contribution in [2.75, 3.05) is 13.1 Å². The molecule has 2 fully saturated rings. The molecule has 3 rings (SSSR count). The lowest BCUT2D eigenvalue weighted by Gasteiger charge is -2.37. The van der Waals surface area contributed by atoms with Crippen molar-refractivity contribution in [2.45, 2.75) is 23.3 Å². The fourth-order valence-corrected chi connectivity index (χ4v) is 4.48. The highest BCUT2D eigenvalue weighted by Gasteiger charge is 2.50. The van der Waals surface area contributed by atoms with Crippen molar-refractivity contribution in [3.8, 4) is 6.07 Å². The Kier molecular flexibility index (Phi) is 3.77. The number of amides is 3. The van der Waals surface area contributed by atoms with Crippen LogP contribution in [0, 0.1) is 17.1 Å². The Balaban J connectivity index is 1.93. The largest absolute Gasteiger partial charge is 0.322 e. The molecule has 1 aromatic carbocycles. The van der Waals surface area contributed by atoms with Gasteiger partial charge in [0.1, 0.15) is 17.4 Å². The first kappa shape index (κ1) is 16.4. The highest BCUT2D eigenvalue weighted by atomic mass is 32.2. The van der Waals surface area contributed by atoms with Gasteiger partial charge >= 0.3 is 6.03 Å². The molecule has 126 valence electrons. The summed E-state index contributed by atoms with van der Waals surface area (Å²) in [6, 6.07) is 3.97. The van der Waals surface area contributed by atoms with Gasteiger partial charge in [-0.1, -0.05) is 0 Å². The number of nitrogens with zero attached hydrogens (tertiary/aromatic N) is 2. The second-order valence-corrected chi connectivity index (χ2v) is 7.62. The SMILES string of the molecule is N#Cc1ccc(S(=O)(=O)N2CCCC3(C2)NC(=O)NC3=O)cc1F. The average molecular weight is 352 g/mol. The smallest absolute Gasteiger partial charge is 0.322 e. The molecule has 2 aliphatic heterocycles. The van der Waals surface area contributed by atoms with E-state index < -0.39 is 33.3 Å². The summed E-state index contributed by atoms with van der Waals surface area (Å²) in [6.45, 7) is -0.0800. The number of hydrogen-bond acceptors (Lipinski definition) is 5. The van der Waals surface area contributed by atoms with Crippen molar-refractivity contribution in [3.63, 3.8) is 0 Å². The van der Waals surface area contributed by atoms with E-state index in [1.54, 1.807) is 6.07 Å². The van der Waals surface area contributed by atoms with Crippen LogP contribution >= 0.6 is 0 Å². The molecule has 0 aliphatic carbocycles. The van der Waals surface area contributed by atoms with Gasteiger partial charge in [-0.05, 0) is 31.0 Å². The first-order chi connectivity index (χ1) is 11.3. The summed E-state index contributed by atoms with van der Waals surface area (Å²) in [7, 11) is -4.06. The summed E-state index contributed by atoms with van der Waals surface area (Å²) >= 11 is 0. The van der Waals surface area contributed by atoms with Gasteiger partial charge in [-0.25, -0.2) is 17.6 Å². The zero-order valence-corrected chi connectivity index (χ0v) is 13.2. The fraction of sp³-hybridized carbons (Fsp3) is 0.357. The number of rotatable bonds is 2. The zero-order valence-electron chi connectivity index (χ0n) is 12.4. The van der Waals surface area contributed by atoms with E-state index in [1.165, 1.54) is 0 Å². The lowest BCUT2D eigenvalue weighted by atomic mass is 9.90. The number of imide groups is 1. The molecule has 0 radical (unpaired) electrons. The number of halogens is 1. The van der Waals surface area contributed by atoms with Crippen LogP contribution in [0.2, 0.25) is 0 Å². The molecule has 2 saturated heterocycles. The molecule has 10 heteroatoms. The van der Waals surface area contributed by atoms with Crippen molar-refractivity contribution >= 4 is 22.0 Å². The van der Waals surface area contributed by atoms with Crippen LogP contribution in [0.3, 0.4) is 0 Å². The van der Waals surface area contributed by atoms with E-state index in [4.69, 9.17) is 5.26 Å². The second-order valence-electron chi connectivity index (χ2n) is 5.69. The van der Waals surface area contributed by atoms with E-state index in [0.717, 1.165) is 22.5 Å². The van der Waals surface area contributed by atoms with E-state index in [0.29, 0.717) is 12.8 Å². The number of nitriles is 1. The summed E-state index contributed by atoms with van der Waals surface area (Å²) in [5.74, 6) is -1.50. The zero-order chi connectivity index (χ0) is 17.5. The summed E-state index contributed by atoms with van der Waals surface area (Å²) in [5, 5.41) is 13.3. The summed E-state index contributed by atoms with van der Waals surface area (Å²) < 4.78 is 40.2. The number of carbonyl (C=O) groups excluding carboxylic acids is 2. The molecule has 2 heterocycles. The van der Waals surface area contributed by atoms with Gasteiger partial charge < -0.3 is 5.32 Å². The molecular formula is C14H13FN4O4S. The first-order valence-electron chi connectivity index (χ1n) is 7.12. The minimum absolute atomic E-state index is 0.148. The first-order valence-corrected chi connectivity index (χ1v) is 8.56. The highest BCUT2D eigenvalue weighted by molar-refractivity contribution is 7.89. The van der Waals surface area contributed by atoms with Crippen LogP contribution in [-0.2, 0) is 14.8 Å². The Hall–Kier alpha value is -2.51. The predicted molar refractivity (Wildman–Crippen MR) is 78.5 cm³/mol. The number of benzene rings is 1. The van der Waals surface area contributed by atoms with E-state index in [2.05, 4.69) is 10.6 Å². The maximum atomic E-state index is 13.7.